The molecule has 1 unspecified atom stereocenters. The highest BCUT2D eigenvalue weighted by atomic mass is 16.2. The molecular weight excluding hydrogens is 230 g/mol. The lowest BCUT2D eigenvalue weighted by Gasteiger charge is -2.12. The van der Waals surface area contributed by atoms with Crippen LogP contribution < -0.4 is 10.2 Å². The number of nitrogens with one attached hydrogen (secondary N) is 1. The number of benzene rings is 1. The molecule has 1 aliphatic heterocycles. The van der Waals surface area contributed by atoms with Gasteiger partial charge in [0, 0.05) is 0 Å². The summed E-state index contributed by atoms with van der Waals surface area (Å²) in [6.07, 6.45) is 1.97. The molecule has 0 bridgehead atoms. The summed E-state index contributed by atoms with van der Waals surface area (Å²) >= 11 is 0. The van der Waals surface area contributed by atoms with Gasteiger partial charge in [-0.05, 0) is 24.6 Å². The smallest absolute Gasteiger partial charge is 0.325 e. The van der Waals surface area contributed by atoms with Crippen LogP contribution in [-0.2, 0) is 4.79 Å². The van der Waals surface area contributed by atoms with Gasteiger partial charge in [-0.25, -0.2) is 9.69 Å². The Hall–Kier alpha value is -2.61. The molecule has 5 nitrogen and oxygen atoms in total. The minimum atomic E-state index is -0.569. The van der Waals surface area contributed by atoms with E-state index in [0.29, 0.717) is 17.7 Å². The summed E-state index contributed by atoms with van der Waals surface area (Å²) in [6, 6.07) is 7.31. The minimum Gasteiger partial charge on any atom is -0.325 e. The Morgan fingerprint density at radius 2 is 2.28 bits per heavy atom. The van der Waals surface area contributed by atoms with Crippen LogP contribution in [0.5, 0.6) is 0 Å². The highest BCUT2D eigenvalue weighted by Gasteiger charge is 2.38. The topological polar surface area (TPSA) is 73.2 Å². The molecule has 3 amide bonds. The second kappa shape index (κ2) is 4.72. The van der Waals surface area contributed by atoms with Gasteiger partial charge in [-0.2, -0.15) is 5.26 Å². The van der Waals surface area contributed by atoms with E-state index in [-0.39, 0.29) is 5.91 Å². The van der Waals surface area contributed by atoms with E-state index in [1.54, 1.807) is 24.3 Å². The molecule has 1 heterocycles. The molecule has 5 heteroatoms. The molecule has 1 aromatic rings. The molecule has 0 radical (unpaired) electrons. The van der Waals surface area contributed by atoms with E-state index in [9.17, 15) is 9.59 Å². The number of rotatable bonds is 3. The van der Waals surface area contributed by atoms with E-state index in [1.165, 1.54) is 6.07 Å². The summed E-state index contributed by atoms with van der Waals surface area (Å²) in [6.45, 7) is 3.54. The number of hydrogen-bond donors (Lipinski definition) is 1. The van der Waals surface area contributed by atoms with Crippen LogP contribution in [-0.4, -0.2) is 18.0 Å². The van der Waals surface area contributed by atoms with E-state index in [4.69, 9.17) is 5.26 Å². The molecule has 1 aliphatic rings. The number of urea groups is 1. The molecular formula is C13H11N3O2. The summed E-state index contributed by atoms with van der Waals surface area (Å²) in [7, 11) is 0. The highest BCUT2D eigenvalue weighted by molar-refractivity contribution is 6.21. The lowest BCUT2D eigenvalue weighted by molar-refractivity contribution is -0.118. The van der Waals surface area contributed by atoms with E-state index in [2.05, 4.69) is 11.9 Å². The average Bonchev–Trinajstić information content (AvgIpc) is 2.65. The third kappa shape index (κ3) is 1.96. The van der Waals surface area contributed by atoms with Gasteiger partial charge in [0.2, 0.25) is 0 Å². The zero-order valence-electron chi connectivity index (χ0n) is 9.59. The summed E-state index contributed by atoms with van der Waals surface area (Å²) in [4.78, 5) is 24.8. The minimum absolute atomic E-state index is 0.324. The zero-order chi connectivity index (χ0) is 13.1. The number of carbonyl (C=O) groups is 2. The lowest BCUT2D eigenvalue weighted by atomic mass is 10.2. The highest BCUT2D eigenvalue weighted by Crippen LogP contribution is 2.21. The third-order valence-corrected chi connectivity index (χ3v) is 2.66. The monoisotopic (exact) mass is 241 g/mol. The van der Waals surface area contributed by atoms with Crippen molar-refractivity contribution in [3.8, 4) is 6.07 Å². The predicted octanol–water partition coefficient (Wildman–Crippen LogP) is 1.56. The Kier molecular flexibility index (Phi) is 3.11. The van der Waals surface area contributed by atoms with Gasteiger partial charge in [-0.3, -0.25) is 4.79 Å². The number of amides is 3. The van der Waals surface area contributed by atoms with Gasteiger partial charge in [0.05, 0.1) is 17.3 Å². The van der Waals surface area contributed by atoms with Gasteiger partial charge in [0.1, 0.15) is 6.04 Å². The molecule has 0 aliphatic carbocycles. The van der Waals surface area contributed by atoms with E-state index < -0.39 is 12.1 Å². The number of carbonyl (C=O) groups excluding carboxylic acids is 2. The number of anilines is 1. The lowest BCUT2D eigenvalue weighted by Crippen LogP contribution is -2.31. The molecule has 90 valence electrons. The van der Waals surface area contributed by atoms with Gasteiger partial charge >= 0.3 is 6.03 Å². The van der Waals surface area contributed by atoms with Crippen LogP contribution in [0.4, 0.5) is 10.5 Å². The maximum absolute atomic E-state index is 12.0. The number of hydrogen-bond acceptors (Lipinski definition) is 3. The summed E-state index contributed by atoms with van der Waals surface area (Å²) in [5.74, 6) is -0.324. The van der Waals surface area contributed by atoms with Crippen LogP contribution in [0.3, 0.4) is 0 Å². The Bertz CT molecular complexity index is 560. The van der Waals surface area contributed by atoms with Crippen LogP contribution in [0.2, 0.25) is 0 Å². The molecule has 1 atom stereocenters. The Balaban J connectivity index is 2.33. The van der Waals surface area contributed by atoms with E-state index in [0.717, 1.165) is 4.90 Å². The van der Waals surface area contributed by atoms with Crippen LogP contribution in [0, 0.1) is 11.3 Å². The number of nitrogens with zero attached hydrogens (tertiary/aromatic N) is 2. The molecule has 1 fully saturated rings. The quantitative estimate of drug-likeness (QED) is 0.644. The molecule has 0 aromatic heterocycles. The molecule has 18 heavy (non-hydrogen) atoms. The first-order valence-electron chi connectivity index (χ1n) is 5.43. The first kappa shape index (κ1) is 11.9. The predicted molar refractivity (Wildman–Crippen MR) is 65.8 cm³/mol. The van der Waals surface area contributed by atoms with E-state index in [1.807, 2.05) is 6.07 Å². The normalized spacial score (nSPS) is 18.4. The van der Waals surface area contributed by atoms with E-state index >= 15 is 0 Å². The number of imide groups is 1. The fourth-order valence-corrected chi connectivity index (χ4v) is 1.82. The van der Waals surface area contributed by atoms with Crippen molar-refractivity contribution in [2.24, 2.45) is 0 Å². The van der Waals surface area contributed by atoms with Gasteiger partial charge in [-0.15, -0.1) is 6.58 Å². The van der Waals surface area contributed by atoms with Crippen molar-refractivity contribution in [2.75, 3.05) is 4.90 Å². The van der Waals surface area contributed by atoms with Gasteiger partial charge in [0.15, 0.2) is 0 Å². The van der Waals surface area contributed by atoms with Crippen LogP contribution >= 0.6 is 0 Å². The fraction of sp³-hybridized carbons (Fsp3) is 0.154. The standard InChI is InChI=1S/C13H11N3O2/c1-2-4-11-12(17)16(13(18)15-11)10-6-3-5-9(7-10)8-14/h2-3,5-7,11H,1,4H2,(H,15,18). The molecule has 0 spiro atoms. The van der Waals surface area contributed by atoms with Crippen molar-refractivity contribution in [2.45, 2.75) is 12.5 Å². The molecule has 2 rings (SSSR count). The first-order valence-corrected chi connectivity index (χ1v) is 5.43. The Morgan fingerprint density at radius 3 is 2.94 bits per heavy atom. The second-order valence-corrected chi connectivity index (χ2v) is 3.86. The largest absolute Gasteiger partial charge is 0.329 e. The van der Waals surface area contributed by atoms with Gasteiger partial charge in [-0.1, -0.05) is 12.1 Å². The SMILES string of the molecule is C=CCC1NC(=O)N(c2cccc(C#N)c2)C1=O. The molecule has 0 saturated carbocycles. The summed E-state index contributed by atoms with van der Waals surface area (Å²) < 4.78 is 0. The zero-order valence-corrected chi connectivity index (χ0v) is 9.59. The fourth-order valence-electron chi connectivity index (χ4n) is 1.82. The van der Waals surface area contributed by atoms with Crippen molar-refractivity contribution in [3.05, 3.63) is 42.5 Å². The van der Waals surface area contributed by atoms with Crippen molar-refractivity contribution in [1.29, 1.82) is 5.26 Å². The van der Waals surface area contributed by atoms with Crippen LogP contribution in [0.1, 0.15) is 12.0 Å². The maximum atomic E-state index is 12.0. The first-order chi connectivity index (χ1) is 8.67. The van der Waals surface area contributed by atoms with Crippen molar-refractivity contribution in [1.82, 2.24) is 5.32 Å². The maximum Gasteiger partial charge on any atom is 0.329 e. The van der Waals surface area contributed by atoms with Gasteiger partial charge < -0.3 is 5.32 Å². The van der Waals surface area contributed by atoms with Crippen LogP contribution in [0.25, 0.3) is 0 Å². The van der Waals surface area contributed by atoms with Crippen molar-refractivity contribution >= 4 is 17.6 Å². The summed E-state index contributed by atoms with van der Waals surface area (Å²) in [5, 5.41) is 11.4. The summed E-state index contributed by atoms with van der Waals surface area (Å²) in [5.41, 5.74) is 0.809. The molecule has 1 saturated heterocycles. The number of nitriles is 1. The molecule has 1 aromatic carbocycles. The Morgan fingerprint density at radius 1 is 1.50 bits per heavy atom. The van der Waals surface area contributed by atoms with Crippen LogP contribution in [0.15, 0.2) is 36.9 Å². The Labute approximate surface area is 104 Å². The average molecular weight is 241 g/mol. The molecule has 1 N–H and O–H groups in total. The third-order valence-electron chi connectivity index (χ3n) is 2.66. The second-order valence-electron chi connectivity index (χ2n) is 3.86. The van der Waals surface area contributed by atoms with Gasteiger partial charge in [0.25, 0.3) is 5.91 Å². The van der Waals surface area contributed by atoms with Crippen molar-refractivity contribution in [3.63, 3.8) is 0 Å². The van der Waals surface area contributed by atoms with Crippen molar-refractivity contribution < 1.29 is 9.59 Å².